The number of H-pyrrole nitrogens is 2. The van der Waals surface area contributed by atoms with E-state index in [1.54, 1.807) is 4.90 Å². The van der Waals surface area contributed by atoms with Crippen LogP contribution in [-0.4, -0.2) is 52.1 Å². The number of aryl methyl sites for hydroxylation is 1. The number of benzene rings is 3. The Balaban J connectivity index is 1.49. The van der Waals surface area contributed by atoms with Crippen LogP contribution in [0.2, 0.25) is 0 Å². The van der Waals surface area contributed by atoms with E-state index in [9.17, 15) is 19.8 Å². The van der Waals surface area contributed by atoms with Crippen molar-refractivity contribution in [3.8, 4) is 0 Å². The van der Waals surface area contributed by atoms with Gasteiger partial charge >= 0.3 is 0 Å². The molecule has 0 saturated heterocycles. The highest BCUT2D eigenvalue weighted by Gasteiger charge is 2.33. The molecule has 1 aliphatic rings. The van der Waals surface area contributed by atoms with E-state index < -0.39 is 29.7 Å². The third-order valence-corrected chi connectivity index (χ3v) is 7.22. The van der Waals surface area contributed by atoms with Crippen LogP contribution in [0, 0.1) is 0 Å². The van der Waals surface area contributed by atoms with Gasteiger partial charge in [0.1, 0.15) is 5.69 Å². The van der Waals surface area contributed by atoms with E-state index in [2.05, 4.69) is 16.3 Å². The Labute approximate surface area is 221 Å². The van der Waals surface area contributed by atoms with Gasteiger partial charge in [-0.2, -0.15) is 0 Å². The van der Waals surface area contributed by atoms with Crippen LogP contribution < -0.4 is 15.4 Å². The molecular formula is C30H32N4O4. The SMILES string of the molecule is CN(C[C@@H](O)[C@H](Cc1ccccc1)N(C(=O)c1cc(=O)[nH][nH]1)c1ccccc1)c1ccc2c(c1)CCC2O. The van der Waals surface area contributed by atoms with Crippen molar-refractivity contribution in [3.05, 3.63) is 118 Å². The van der Waals surface area contributed by atoms with Gasteiger partial charge in [-0.15, -0.1) is 0 Å². The number of hydrogen-bond donors (Lipinski definition) is 4. The molecule has 3 aromatic carbocycles. The van der Waals surface area contributed by atoms with E-state index in [-0.39, 0.29) is 12.2 Å². The summed E-state index contributed by atoms with van der Waals surface area (Å²) in [6, 6.07) is 25.5. The topological polar surface area (TPSA) is 113 Å². The third kappa shape index (κ3) is 5.41. The molecule has 38 heavy (non-hydrogen) atoms. The highest BCUT2D eigenvalue weighted by atomic mass is 16.3. The van der Waals surface area contributed by atoms with Crippen LogP contribution in [-0.2, 0) is 12.8 Å². The first kappa shape index (κ1) is 25.5. The molecule has 1 aliphatic carbocycles. The number of aliphatic hydroxyl groups is 2. The zero-order valence-electron chi connectivity index (χ0n) is 21.2. The number of aromatic amines is 2. The Hall–Kier alpha value is -4.14. The van der Waals surface area contributed by atoms with Gasteiger partial charge in [-0.1, -0.05) is 54.6 Å². The van der Waals surface area contributed by atoms with E-state index in [1.807, 2.05) is 84.7 Å². The molecule has 1 amide bonds. The number of nitrogens with zero attached hydrogens (tertiary/aromatic N) is 2. The summed E-state index contributed by atoms with van der Waals surface area (Å²) in [6.07, 6.45) is 0.591. The fourth-order valence-electron chi connectivity index (χ4n) is 5.21. The lowest BCUT2D eigenvalue weighted by Crippen LogP contribution is -2.52. The van der Waals surface area contributed by atoms with Crippen LogP contribution >= 0.6 is 0 Å². The highest BCUT2D eigenvalue weighted by molar-refractivity contribution is 6.05. The number of para-hydroxylation sites is 1. The Morgan fingerprint density at radius 2 is 1.68 bits per heavy atom. The molecule has 1 aromatic heterocycles. The normalized spacial score (nSPS) is 16.0. The van der Waals surface area contributed by atoms with Gasteiger partial charge in [0.15, 0.2) is 0 Å². The molecular weight excluding hydrogens is 480 g/mol. The molecule has 8 nitrogen and oxygen atoms in total. The largest absolute Gasteiger partial charge is 0.389 e. The van der Waals surface area contributed by atoms with Crippen molar-refractivity contribution in [2.45, 2.75) is 37.5 Å². The summed E-state index contributed by atoms with van der Waals surface area (Å²) >= 11 is 0. The smallest absolute Gasteiger partial charge is 0.276 e. The summed E-state index contributed by atoms with van der Waals surface area (Å²) in [6.45, 7) is 0.263. The van der Waals surface area contributed by atoms with Gasteiger partial charge in [0.25, 0.3) is 11.5 Å². The van der Waals surface area contributed by atoms with Crippen LogP contribution in [0.4, 0.5) is 11.4 Å². The predicted octanol–water partition coefficient (Wildman–Crippen LogP) is 3.44. The molecule has 1 heterocycles. The summed E-state index contributed by atoms with van der Waals surface area (Å²) in [7, 11) is 1.91. The molecule has 0 fully saturated rings. The lowest BCUT2D eigenvalue weighted by atomic mass is 9.97. The molecule has 0 aliphatic heterocycles. The van der Waals surface area contributed by atoms with E-state index in [0.717, 1.165) is 35.2 Å². The molecule has 0 spiro atoms. The number of rotatable bonds is 9. The molecule has 196 valence electrons. The van der Waals surface area contributed by atoms with Crippen molar-refractivity contribution in [1.82, 2.24) is 10.2 Å². The second-order valence-corrected chi connectivity index (χ2v) is 9.83. The maximum atomic E-state index is 13.8. The average Bonchev–Trinajstić information content (AvgIpc) is 3.54. The lowest BCUT2D eigenvalue weighted by molar-refractivity contribution is 0.0911. The second-order valence-electron chi connectivity index (χ2n) is 9.83. The Bertz CT molecular complexity index is 1430. The molecule has 4 aromatic rings. The van der Waals surface area contributed by atoms with Crippen LogP contribution in [0.15, 0.2) is 89.7 Å². The molecule has 0 bridgehead atoms. The van der Waals surface area contributed by atoms with Gasteiger partial charge < -0.3 is 20.0 Å². The number of anilines is 2. The van der Waals surface area contributed by atoms with E-state index >= 15 is 0 Å². The van der Waals surface area contributed by atoms with Crippen LogP contribution in [0.3, 0.4) is 0 Å². The monoisotopic (exact) mass is 512 g/mol. The molecule has 4 N–H and O–H groups in total. The van der Waals surface area contributed by atoms with Gasteiger partial charge in [-0.05, 0) is 60.2 Å². The van der Waals surface area contributed by atoms with Crippen molar-refractivity contribution in [3.63, 3.8) is 0 Å². The number of nitrogens with one attached hydrogen (secondary N) is 2. The van der Waals surface area contributed by atoms with Crippen molar-refractivity contribution in [1.29, 1.82) is 0 Å². The molecule has 0 saturated carbocycles. The summed E-state index contributed by atoms with van der Waals surface area (Å²) in [5.74, 6) is -0.413. The molecule has 1 unspecified atom stereocenters. The lowest BCUT2D eigenvalue weighted by Gasteiger charge is -2.37. The van der Waals surface area contributed by atoms with E-state index in [4.69, 9.17) is 0 Å². The number of hydrogen-bond acceptors (Lipinski definition) is 5. The van der Waals surface area contributed by atoms with Crippen molar-refractivity contribution < 1.29 is 15.0 Å². The zero-order valence-corrected chi connectivity index (χ0v) is 21.2. The zero-order chi connectivity index (χ0) is 26.6. The number of carbonyl (C=O) groups excluding carboxylic acids is 1. The van der Waals surface area contributed by atoms with Crippen LogP contribution in [0.5, 0.6) is 0 Å². The number of likely N-dealkylation sites (N-methyl/N-ethyl adjacent to an activating group) is 1. The summed E-state index contributed by atoms with van der Waals surface area (Å²) in [5.41, 5.74) is 4.33. The first-order valence-electron chi connectivity index (χ1n) is 12.8. The summed E-state index contributed by atoms with van der Waals surface area (Å²) in [4.78, 5) is 29.2. The maximum absolute atomic E-state index is 13.8. The summed E-state index contributed by atoms with van der Waals surface area (Å²) < 4.78 is 0. The molecule has 5 rings (SSSR count). The van der Waals surface area contributed by atoms with Gasteiger partial charge in [-0.25, -0.2) is 0 Å². The second kappa shape index (κ2) is 11.1. The fraction of sp³-hybridized carbons (Fsp3) is 0.267. The number of aliphatic hydroxyl groups excluding tert-OH is 2. The van der Waals surface area contributed by atoms with Gasteiger partial charge in [0.2, 0.25) is 0 Å². The van der Waals surface area contributed by atoms with Gasteiger partial charge in [-0.3, -0.25) is 19.8 Å². The number of carbonyl (C=O) groups is 1. The average molecular weight is 513 g/mol. The van der Waals surface area contributed by atoms with Crippen LogP contribution in [0.1, 0.15) is 39.7 Å². The van der Waals surface area contributed by atoms with E-state index in [1.165, 1.54) is 6.07 Å². The van der Waals surface area contributed by atoms with Crippen molar-refractivity contribution >= 4 is 17.3 Å². The summed E-state index contributed by atoms with van der Waals surface area (Å²) in [5, 5.41) is 27.0. The molecule has 0 radical (unpaired) electrons. The predicted molar refractivity (Wildman–Crippen MR) is 148 cm³/mol. The van der Waals surface area contributed by atoms with Crippen LogP contribution in [0.25, 0.3) is 0 Å². The maximum Gasteiger partial charge on any atom is 0.276 e. The Morgan fingerprint density at radius 3 is 2.37 bits per heavy atom. The number of fused-ring (bicyclic) bond motifs is 1. The Kier molecular flexibility index (Phi) is 7.44. The first-order chi connectivity index (χ1) is 18.4. The molecule has 8 heteroatoms. The van der Waals surface area contributed by atoms with Gasteiger partial charge in [0.05, 0.1) is 18.2 Å². The molecule has 3 atom stereocenters. The highest BCUT2D eigenvalue weighted by Crippen LogP contribution is 2.33. The standard InChI is InChI=1S/C30H32N4O4/c1-33(23-13-14-24-21(17-23)12-15-27(24)35)19-28(36)26(16-20-8-4-2-5-9-20)34(22-10-6-3-7-11-22)30(38)25-18-29(37)32-31-25/h2-11,13-14,17-18,26-28,35-36H,12,15-16,19H2,1H3,(H2,31,32,37)/t26-,27?,28+/m0/s1. The number of aromatic nitrogens is 2. The van der Waals surface area contributed by atoms with Gasteiger partial charge in [0, 0.05) is 31.0 Å². The first-order valence-corrected chi connectivity index (χ1v) is 12.8. The Morgan fingerprint density at radius 1 is 0.974 bits per heavy atom. The van der Waals surface area contributed by atoms with E-state index in [0.29, 0.717) is 12.1 Å². The minimum atomic E-state index is -0.936. The number of amides is 1. The minimum absolute atomic E-state index is 0.120. The van der Waals surface area contributed by atoms with Crippen molar-refractivity contribution in [2.75, 3.05) is 23.4 Å². The minimum Gasteiger partial charge on any atom is -0.389 e. The third-order valence-electron chi connectivity index (χ3n) is 7.22. The van der Waals surface area contributed by atoms with Crippen molar-refractivity contribution in [2.24, 2.45) is 0 Å². The fourth-order valence-corrected chi connectivity index (χ4v) is 5.21. The quantitative estimate of drug-likeness (QED) is 0.275.